The van der Waals surface area contributed by atoms with Crippen LogP contribution < -0.4 is 0 Å². The average molecular weight is 228 g/mol. The molecule has 0 aliphatic rings. The van der Waals surface area contributed by atoms with Gasteiger partial charge in [-0.15, -0.1) is 0 Å². The molecule has 0 saturated carbocycles. The Kier molecular flexibility index (Phi) is 3.64. The maximum Gasteiger partial charge on any atom is 0.341 e. The van der Waals surface area contributed by atoms with Crippen LogP contribution in [-0.4, -0.2) is 12.6 Å². The number of carbonyl (C=O) groups excluding carboxylic acids is 1. The van der Waals surface area contributed by atoms with E-state index in [1.54, 1.807) is 13.0 Å². The summed E-state index contributed by atoms with van der Waals surface area (Å²) in [4.78, 5) is 11.2. The molecule has 0 N–H and O–H groups in total. The van der Waals surface area contributed by atoms with Gasteiger partial charge in [0.05, 0.1) is 22.8 Å². The molecule has 0 radical (unpaired) electrons. The topological polar surface area (TPSA) is 50.1 Å². The van der Waals surface area contributed by atoms with Gasteiger partial charge in [0.2, 0.25) is 0 Å². The van der Waals surface area contributed by atoms with Crippen LogP contribution in [0.4, 0.5) is 4.39 Å². The normalized spacial score (nSPS) is 9.47. The van der Waals surface area contributed by atoms with E-state index in [4.69, 9.17) is 16.9 Å². The highest BCUT2D eigenvalue weighted by Crippen LogP contribution is 2.23. The molecule has 0 spiro atoms. The minimum atomic E-state index is -0.922. The van der Waals surface area contributed by atoms with Gasteiger partial charge in [-0.3, -0.25) is 0 Å². The fourth-order valence-corrected chi connectivity index (χ4v) is 1.21. The summed E-state index contributed by atoms with van der Waals surface area (Å²) >= 11 is 5.54. The number of esters is 1. The van der Waals surface area contributed by atoms with Gasteiger partial charge in [0.15, 0.2) is 5.82 Å². The summed E-state index contributed by atoms with van der Waals surface area (Å²) in [7, 11) is 0. The number of ether oxygens (including phenoxy) is 1. The second kappa shape index (κ2) is 4.76. The highest BCUT2D eigenvalue weighted by atomic mass is 35.5. The van der Waals surface area contributed by atoms with Gasteiger partial charge < -0.3 is 4.74 Å². The van der Waals surface area contributed by atoms with Crippen molar-refractivity contribution in [2.24, 2.45) is 0 Å². The molecule has 0 bridgehead atoms. The zero-order chi connectivity index (χ0) is 11.4. The molecular weight excluding hydrogens is 221 g/mol. The largest absolute Gasteiger partial charge is 0.462 e. The minimum Gasteiger partial charge on any atom is -0.462 e. The van der Waals surface area contributed by atoms with Gasteiger partial charge >= 0.3 is 5.97 Å². The highest BCUT2D eigenvalue weighted by Gasteiger charge is 2.17. The highest BCUT2D eigenvalue weighted by molar-refractivity contribution is 6.32. The van der Waals surface area contributed by atoms with Gasteiger partial charge in [0.25, 0.3) is 0 Å². The zero-order valence-corrected chi connectivity index (χ0v) is 8.64. The summed E-state index contributed by atoms with van der Waals surface area (Å²) in [6, 6.07) is 4.16. The predicted molar refractivity (Wildman–Crippen MR) is 52.1 cm³/mol. The van der Waals surface area contributed by atoms with Crippen molar-refractivity contribution in [3.63, 3.8) is 0 Å². The maximum atomic E-state index is 13.4. The minimum absolute atomic E-state index is 0.0118. The molecular formula is C10H7ClFNO2. The predicted octanol–water partition coefficient (Wildman–Crippen LogP) is 2.53. The van der Waals surface area contributed by atoms with E-state index in [1.165, 1.54) is 12.1 Å². The Morgan fingerprint density at radius 3 is 2.87 bits per heavy atom. The van der Waals surface area contributed by atoms with Crippen LogP contribution in [0.25, 0.3) is 0 Å². The fourth-order valence-electron chi connectivity index (χ4n) is 1.00. The second-order valence-corrected chi connectivity index (χ2v) is 3.00. The van der Waals surface area contributed by atoms with Crippen LogP contribution in [0.3, 0.4) is 0 Å². The average Bonchev–Trinajstić information content (AvgIpc) is 2.22. The number of hydrogen-bond acceptors (Lipinski definition) is 3. The molecule has 0 unspecified atom stereocenters. The third-order valence-corrected chi connectivity index (χ3v) is 2.07. The summed E-state index contributed by atoms with van der Waals surface area (Å²) in [5.74, 6) is -1.71. The van der Waals surface area contributed by atoms with E-state index >= 15 is 0 Å². The Morgan fingerprint density at radius 2 is 2.33 bits per heavy atom. The molecule has 1 rings (SSSR count). The Morgan fingerprint density at radius 1 is 1.67 bits per heavy atom. The first kappa shape index (κ1) is 11.5. The molecule has 0 aliphatic carbocycles. The van der Waals surface area contributed by atoms with E-state index in [9.17, 15) is 9.18 Å². The van der Waals surface area contributed by atoms with E-state index < -0.39 is 11.8 Å². The molecule has 0 saturated heterocycles. The van der Waals surface area contributed by atoms with Gasteiger partial charge in [-0.2, -0.15) is 5.26 Å². The van der Waals surface area contributed by atoms with Crippen molar-refractivity contribution >= 4 is 17.6 Å². The molecule has 0 heterocycles. The van der Waals surface area contributed by atoms with Crippen molar-refractivity contribution < 1.29 is 13.9 Å². The molecule has 0 atom stereocenters. The lowest BCUT2D eigenvalue weighted by Gasteiger charge is -2.04. The van der Waals surface area contributed by atoms with E-state index in [1.807, 2.05) is 0 Å². The Balaban J connectivity index is 3.19. The number of carbonyl (C=O) groups is 1. The molecule has 0 fully saturated rings. The van der Waals surface area contributed by atoms with Crippen molar-refractivity contribution in [2.75, 3.05) is 6.61 Å². The van der Waals surface area contributed by atoms with Crippen molar-refractivity contribution in [1.29, 1.82) is 5.26 Å². The number of rotatable bonds is 2. The summed E-state index contributed by atoms with van der Waals surface area (Å²) < 4.78 is 18.1. The standard InChI is InChI=1S/C10H7ClFNO2/c1-2-15-10(14)7-4-3-6(5-13)8(11)9(7)12/h3-4H,2H2,1H3. The number of halogens is 2. The Bertz CT molecular complexity index is 440. The first-order chi connectivity index (χ1) is 7.11. The zero-order valence-electron chi connectivity index (χ0n) is 7.88. The van der Waals surface area contributed by atoms with E-state index in [0.717, 1.165) is 0 Å². The molecule has 15 heavy (non-hydrogen) atoms. The quantitative estimate of drug-likeness (QED) is 0.730. The lowest BCUT2D eigenvalue weighted by atomic mass is 10.1. The van der Waals surface area contributed by atoms with Crippen molar-refractivity contribution in [3.8, 4) is 6.07 Å². The van der Waals surface area contributed by atoms with Gasteiger partial charge in [-0.05, 0) is 19.1 Å². The van der Waals surface area contributed by atoms with E-state index in [0.29, 0.717) is 0 Å². The first-order valence-electron chi connectivity index (χ1n) is 4.17. The maximum absolute atomic E-state index is 13.4. The van der Waals surface area contributed by atoms with Gasteiger partial charge in [-0.1, -0.05) is 11.6 Å². The van der Waals surface area contributed by atoms with Crippen LogP contribution in [0.15, 0.2) is 12.1 Å². The van der Waals surface area contributed by atoms with Crippen LogP contribution in [0.5, 0.6) is 0 Å². The Labute approximate surface area is 91.0 Å². The molecule has 0 aliphatic heterocycles. The number of hydrogen-bond donors (Lipinski definition) is 0. The molecule has 78 valence electrons. The van der Waals surface area contributed by atoms with Crippen molar-refractivity contribution in [1.82, 2.24) is 0 Å². The Hall–Kier alpha value is -1.60. The molecule has 0 aromatic heterocycles. The van der Waals surface area contributed by atoms with Gasteiger partial charge in [-0.25, -0.2) is 9.18 Å². The molecule has 5 heteroatoms. The smallest absolute Gasteiger partial charge is 0.341 e. The third kappa shape index (κ3) is 2.25. The van der Waals surface area contributed by atoms with E-state index in [-0.39, 0.29) is 22.8 Å². The lowest BCUT2D eigenvalue weighted by Crippen LogP contribution is -2.07. The fraction of sp³-hybridized carbons (Fsp3) is 0.200. The number of nitrogens with zero attached hydrogens (tertiary/aromatic N) is 1. The summed E-state index contributed by atoms with van der Waals surface area (Å²) in [5.41, 5.74) is -0.275. The molecule has 1 aromatic carbocycles. The van der Waals surface area contributed by atoms with Gasteiger partial charge in [0, 0.05) is 0 Å². The molecule has 0 amide bonds. The first-order valence-corrected chi connectivity index (χ1v) is 4.54. The SMILES string of the molecule is CCOC(=O)c1ccc(C#N)c(Cl)c1F. The molecule has 3 nitrogen and oxygen atoms in total. The van der Waals surface area contributed by atoms with Crippen LogP contribution in [0.1, 0.15) is 22.8 Å². The van der Waals surface area contributed by atoms with Crippen LogP contribution >= 0.6 is 11.6 Å². The van der Waals surface area contributed by atoms with E-state index in [2.05, 4.69) is 4.74 Å². The number of nitriles is 1. The summed E-state index contributed by atoms with van der Waals surface area (Å²) in [6.45, 7) is 1.76. The second-order valence-electron chi connectivity index (χ2n) is 2.62. The molecule has 1 aromatic rings. The monoisotopic (exact) mass is 227 g/mol. The van der Waals surface area contributed by atoms with Crippen molar-refractivity contribution in [2.45, 2.75) is 6.92 Å². The summed E-state index contributed by atoms with van der Waals surface area (Å²) in [6.07, 6.45) is 0. The van der Waals surface area contributed by atoms with Crippen molar-refractivity contribution in [3.05, 3.63) is 34.1 Å². The van der Waals surface area contributed by atoms with Crippen LogP contribution in [0.2, 0.25) is 5.02 Å². The van der Waals surface area contributed by atoms with Crippen LogP contribution in [0, 0.1) is 17.1 Å². The van der Waals surface area contributed by atoms with Crippen LogP contribution in [-0.2, 0) is 4.74 Å². The summed E-state index contributed by atoms with van der Waals surface area (Å²) in [5, 5.41) is 8.20. The number of benzene rings is 1. The lowest BCUT2D eigenvalue weighted by molar-refractivity contribution is 0.0521. The third-order valence-electron chi connectivity index (χ3n) is 1.70. The van der Waals surface area contributed by atoms with Gasteiger partial charge in [0.1, 0.15) is 6.07 Å².